The third-order valence-electron chi connectivity index (χ3n) is 3.38. The third kappa shape index (κ3) is 0.414. The summed E-state index contributed by atoms with van der Waals surface area (Å²) in [6.45, 7) is 0. The first-order valence-corrected chi connectivity index (χ1v) is 4.18. The highest BCUT2D eigenvalue weighted by atomic mass is 16.2. The van der Waals surface area contributed by atoms with Gasteiger partial charge in [0.15, 0.2) is 0 Å². The van der Waals surface area contributed by atoms with Crippen molar-refractivity contribution in [1.82, 2.24) is 5.32 Å². The summed E-state index contributed by atoms with van der Waals surface area (Å²) in [6.07, 6.45) is 3.89. The molecule has 0 aromatic carbocycles. The van der Waals surface area contributed by atoms with Gasteiger partial charge >= 0.3 is 0 Å². The van der Waals surface area contributed by atoms with Crippen LogP contribution in [0.15, 0.2) is 0 Å². The molecule has 0 aromatic heterocycles. The van der Waals surface area contributed by atoms with Gasteiger partial charge in [0.25, 0.3) is 0 Å². The summed E-state index contributed by atoms with van der Waals surface area (Å²) in [5, 5.41) is 3.05. The first-order chi connectivity index (χ1) is 4.88. The van der Waals surface area contributed by atoms with Crippen LogP contribution in [0.5, 0.6) is 0 Å². The van der Waals surface area contributed by atoms with Gasteiger partial charge in [0.05, 0.1) is 0 Å². The third-order valence-corrected chi connectivity index (χ3v) is 3.38. The van der Waals surface area contributed by atoms with Gasteiger partial charge in [0, 0.05) is 12.0 Å². The molecule has 2 heteroatoms. The number of hydrogen-bond acceptors (Lipinski definition) is 1. The summed E-state index contributed by atoms with van der Waals surface area (Å²) >= 11 is 0. The second kappa shape index (κ2) is 1.39. The fourth-order valence-electron chi connectivity index (χ4n) is 2.90. The zero-order valence-electron chi connectivity index (χ0n) is 5.84. The molecular formula is C8H11NO. The predicted octanol–water partition coefficient (Wildman–Crippen LogP) is 0.531. The predicted molar refractivity (Wildman–Crippen MR) is 36.3 cm³/mol. The molecular weight excluding hydrogens is 126 g/mol. The van der Waals surface area contributed by atoms with Crippen molar-refractivity contribution in [2.24, 2.45) is 17.8 Å². The highest BCUT2D eigenvalue weighted by Crippen LogP contribution is 2.58. The Balaban J connectivity index is 1.95. The number of carbonyl (C=O) groups is 1. The van der Waals surface area contributed by atoms with E-state index in [2.05, 4.69) is 5.32 Å². The lowest BCUT2D eigenvalue weighted by Crippen LogP contribution is -2.34. The molecule has 2 saturated carbocycles. The van der Waals surface area contributed by atoms with Crippen LogP contribution in [0.3, 0.4) is 0 Å². The summed E-state index contributed by atoms with van der Waals surface area (Å²) in [6, 6.07) is 0.580. The lowest BCUT2D eigenvalue weighted by atomic mass is 9.96. The van der Waals surface area contributed by atoms with Crippen molar-refractivity contribution in [3.8, 4) is 0 Å². The minimum atomic E-state index is 0.347. The maximum Gasteiger partial charge on any atom is 0.223 e. The summed E-state index contributed by atoms with van der Waals surface area (Å²) in [5.41, 5.74) is 0. The maximum atomic E-state index is 11.1. The first kappa shape index (κ1) is 5.16. The second-order valence-electron chi connectivity index (χ2n) is 3.81. The zero-order chi connectivity index (χ0) is 6.72. The Morgan fingerprint density at radius 1 is 1.40 bits per heavy atom. The first-order valence-electron chi connectivity index (χ1n) is 4.18. The molecule has 1 N–H and O–H groups in total. The van der Waals surface area contributed by atoms with Crippen molar-refractivity contribution in [3.05, 3.63) is 0 Å². The number of amides is 1. The van der Waals surface area contributed by atoms with E-state index in [1.165, 1.54) is 19.3 Å². The molecule has 2 nitrogen and oxygen atoms in total. The quantitative estimate of drug-likeness (QED) is 0.518. The molecule has 0 aromatic rings. The van der Waals surface area contributed by atoms with Gasteiger partial charge in [0.2, 0.25) is 5.91 Å². The molecule has 0 radical (unpaired) electrons. The summed E-state index contributed by atoms with van der Waals surface area (Å²) in [5.74, 6) is 2.36. The minimum Gasteiger partial charge on any atom is -0.353 e. The van der Waals surface area contributed by atoms with Crippen LogP contribution in [0.4, 0.5) is 0 Å². The van der Waals surface area contributed by atoms with Crippen molar-refractivity contribution in [2.75, 3.05) is 0 Å². The van der Waals surface area contributed by atoms with E-state index in [4.69, 9.17) is 0 Å². The summed E-state index contributed by atoms with van der Waals surface area (Å²) in [4.78, 5) is 11.1. The largest absolute Gasteiger partial charge is 0.353 e. The molecule has 10 heavy (non-hydrogen) atoms. The van der Waals surface area contributed by atoms with E-state index >= 15 is 0 Å². The van der Waals surface area contributed by atoms with E-state index in [1.54, 1.807) is 0 Å². The van der Waals surface area contributed by atoms with Crippen molar-refractivity contribution in [3.63, 3.8) is 0 Å². The molecule has 3 fully saturated rings. The van der Waals surface area contributed by atoms with Crippen LogP contribution < -0.4 is 5.32 Å². The van der Waals surface area contributed by atoms with Gasteiger partial charge in [-0.3, -0.25) is 4.79 Å². The van der Waals surface area contributed by atoms with Gasteiger partial charge in [-0.2, -0.15) is 0 Å². The molecule has 3 rings (SSSR count). The van der Waals surface area contributed by atoms with Crippen molar-refractivity contribution < 1.29 is 4.79 Å². The van der Waals surface area contributed by atoms with Crippen LogP contribution in [0, 0.1) is 17.8 Å². The summed E-state index contributed by atoms with van der Waals surface area (Å²) in [7, 11) is 0. The molecule has 0 unspecified atom stereocenters. The Hall–Kier alpha value is -0.530. The number of piperidine rings is 1. The zero-order valence-corrected chi connectivity index (χ0v) is 5.84. The van der Waals surface area contributed by atoms with Gasteiger partial charge in [-0.15, -0.1) is 0 Å². The van der Waals surface area contributed by atoms with Crippen molar-refractivity contribution in [1.29, 1.82) is 0 Å². The summed E-state index contributed by atoms with van der Waals surface area (Å²) < 4.78 is 0. The Morgan fingerprint density at radius 2 is 2.30 bits per heavy atom. The Morgan fingerprint density at radius 3 is 3.00 bits per heavy atom. The molecule has 1 heterocycles. The second-order valence-corrected chi connectivity index (χ2v) is 3.81. The molecule has 0 bridgehead atoms. The molecule has 1 saturated heterocycles. The van der Waals surface area contributed by atoms with Crippen LogP contribution in [-0.2, 0) is 4.79 Å². The average Bonchev–Trinajstić information content (AvgIpc) is 2.51. The van der Waals surface area contributed by atoms with E-state index in [0.29, 0.717) is 17.9 Å². The molecule has 0 spiro atoms. The van der Waals surface area contributed by atoms with Crippen molar-refractivity contribution >= 4 is 5.91 Å². The number of carbonyl (C=O) groups excluding carboxylic acids is 1. The smallest absolute Gasteiger partial charge is 0.223 e. The van der Waals surface area contributed by atoms with Crippen LogP contribution in [0.2, 0.25) is 0 Å². The number of rotatable bonds is 0. The van der Waals surface area contributed by atoms with Gasteiger partial charge in [0.1, 0.15) is 0 Å². The molecule has 1 amide bonds. The SMILES string of the molecule is O=C1N[C@@H]2CCC[C@H]3[C@@H]1[C@H]32. The van der Waals surface area contributed by atoms with Crippen LogP contribution in [0.1, 0.15) is 19.3 Å². The number of fused-ring (bicyclic) bond motifs is 1. The Kier molecular flexibility index (Phi) is 0.715. The molecule has 54 valence electrons. The van der Waals surface area contributed by atoms with E-state index in [-0.39, 0.29) is 0 Å². The van der Waals surface area contributed by atoms with Gasteiger partial charge in [-0.1, -0.05) is 6.42 Å². The van der Waals surface area contributed by atoms with E-state index in [9.17, 15) is 4.79 Å². The van der Waals surface area contributed by atoms with Crippen molar-refractivity contribution in [2.45, 2.75) is 25.3 Å². The highest BCUT2D eigenvalue weighted by Gasteiger charge is 2.63. The number of hydrogen-bond donors (Lipinski definition) is 1. The molecule has 3 aliphatic rings. The minimum absolute atomic E-state index is 0.347. The monoisotopic (exact) mass is 137 g/mol. The fraction of sp³-hybridized carbons (Fsp3) is 0.875. The van der Waals surface area contributed by atoms with Crippen LogP contribution in [0.25, 0.3) is 0 Å². The molecule has 4 atom stereocenters. The fourth-order valence-corrected chi connectivity index (χ4v) is 2.90. The Labute approximate surface area is 60.0 Å². The number of nitrogens with one attached hydrogen (secondary N) is 1. The lowest BCUT2D eigenvalue weighted by Gasteiger charge is -2.20. The van der Waals surface area contributed by atoms with Crippen LogP contribution in [-0.4, -0.2) is 11.9 Å². The van der Waals surface area contributed by atoms with Gasteiger partial charge in [-0.05, 0) is 24.7 Å². The molecule has 2 aliphatic carbocycles. The van der Waals surface area contributed by atoms with E-state index in [0.717, 1.165) is 11.8 Å². The maximum absolute atomic E-state index is 11.1. The van der Waals surface area contributed by atoms with E-state index < -0.39 is 0 Å². The molecule has 1 aliphatic heterocycles. The average molecular weight is 137 g/mol. The Bertz CT molecular complexity index is 201. The normalized spacial score (nSPS) is 55.8. The topological polar surface area (TPSA) is 29.1 Å². The van der Waals surface area contributed by atoms with Crippen LogP contribution >= 0.6 is 0 Å². The standard InChI is InChI=1S/C8H11NO/c10-8-7-4-2-1-3-5(9-8)6(4)7/h4-7H,1-3H2,(H,9,10)/t4-,5-,6-,7-/m1/s1. The highest BCUT2D eigenvalue weighted by molar-refractivity contribution is 5.86. The van der Waals surface area contributed by atoms with Gasteiger partial charge < -0.3 is 5.32 Å². The lowest BCUT2D eigenvalue weighted by molar-refractivity contribution is -0.122. The van der Waals surface area contributed by atoms with Gasteiger partial charge in [-0.25, -0.2) is 0 Å². The van der Waals surface area contributed by atoms with E-state index in [1.807, 2.05) is 0 Å².